The summed E-state index contributed by atoms with van der Waals surface area (Å²) in [5, 5.41) is 6.23. The van der Waals surface area contributed by atoms with Crippen LogP contribution in [0.4, 0.5) is 17.1 Å². The number of aryl methyl sites for hydroxylation is 1. The Kier molecular flexibility index (Phi) is 5.00. The number of hydrogen-bond donors (Lipinski definition) is 2. The zero-order chi connectivity index (χ0) is 17.6. The van der Waals surface area contributed by atoms with E-state index in [-0.39, 0.29) is 5.91 Å². The molecule has 126 valence electrons. The van der Waals surface area contributed by atoms with Gasteiger partial charge in [-0.05, 0) is 67.1 Å². The lowest BCUT2D eigenvalue weighted by Gasteiger charge is -2.10. The van der Waals surface area contributed by atoms with Gasteiger partial charge in [-0.25, -0.2) is 0 Å². The zero-order valence-electron chi connectivity index (χ0n) is 14.2. The molecule has 4 nitrogen and oxygen atoms in total. The molecule has 0 aliphatic heterocycles. The summed E-state index contributed by atoms with van der Waals surface area (Å²) in [6.45, 7) is 1.93. The number of methoxy groups -OCH3 is 1. The average molecular weight is 332 g/mol. The van der Waals surface area contributed by atoms with Crippen molar-refractivity contribution in [3.8, 4) is 5.75 Å². The molecule has 2 N–H and O–H groups in total. The molecule has 4 heteroatoms. The molecule has 3 rings (SSSR count). The second-order valence-electron chi connectivity index (χ2n) is 5.70. The van der Waals surface area contributed by atoms with E-state index in [1.165, 1.54) is 0 Å². The molecule has 0 aromatic heterocycles. The molecule has 0 fully saturated rings. The Labute approximate surface area is 147 Å². The number of hydrogen-bond acceptors (Lipinski definition) is 3. The van der Waals surface area contributed by atoms with Crippen molar-refractivity contribution in [2.45, 2.75) is 6.92 Å². The van der Waals surface area contributed by atoms with Gasteiger partial charge in [-0.3, -0.25) is 4.79 Å². The van der Waals surface area contributed by atoms with Gasteiger partial charge in [0.2, 0.25) is 0 Å². The van der Waals surface area contributed by atoms with Crippen molar-refractivity contribution >= 4 is 23.0 Å². The van der Waals surface area contributed by atoms with Gasteiger partial charge < -0.3 is 15.4 Å². The molecule has 0 aliphatic carbocycles. The molecule has 1 amide bonds. The number of carbonyl (C=O) groups is 1. The maximum absolute atomic E-state index is 12.3. The highest BCUT2D eigenvalue weighted by Crippen LogP contribution is 2.21. The van der Waals surface area contributed by atoms with E-state index >= 15 is 0 Å². The molecule has 3 aromatic carbocycles. The number of carbonyl (C=O) groups excluding carboxylic acids is 1. The molecule has 0 heterocycles. The second kappa shape index (κ2) is 7.53. The lowest BCUT2D eigenvalue weighted by atomic mass is 10.1. The van der Waals surface area contributed by atoms with Crippen LogP contribution >= 0.6 is 0 Å². The lowest BCUT2D eigenvalue weighted by molar-refractivity contribution is 0.102. The fraction of sp³-hybridized carbons (Fsp3) is 0.0952. The molecule has 0 saturated carbocycles. The van der Waals surface area contributed by atoms with Gasteiger partial charge in [0.1, 0.15) is 5.75 Å². The van der Waals surface area contributed by atoms with Gasteiger partial charge in [-0.2, -0.15) is 0 Å². The van der Waals surface area contributed by atoms with Crippen LogP contribution in [0.2, 0.25) is 0 Å². The topological polar surface area (TPSA) is 50.4 Å². The van der Waals surface area contributed by atoms with Crippen LogP contribution < -0.4 is 15.4 Å². The standard InChI is InChI=1S/C21H20N2O2/c1-15-5-3-4-6-20(15)21(24)23-18-9-7-16(8-10-18)22-17-11-13-19(25-2)14-12-17/h3-14,22H,1-2H3,(H,23,24). The predicted octanol–water partition coefficient (Wildman–Crippen LogP) is 5.00. The van der Waals surface area contributed by atoms with E-state index in [4.69, 9.17) is 4.74 Å². The fourth-order valence-corrected chi connectivity index (χ4v) is 2.50. The SMILES string of the molecule is COc1ccc(Nc2ccc(NC(=O)c3ccccc3C)cc2)cc1. The van der Waals surface area contributed by atoms with E-state index in [1.807, 2.05) is 79.7 Å². The van der Waals surface area contributed by atoms with Crippen LogP contribution in [0.25, 0.3) is 0 Å². The monoisotopic (exact) mass is 332 g/mol. The third-order valence-electron chi connectivity index (χ3n) is 3.91. The number of amides is 1. The van der Waals surface area contributed by atoms with E-state index in [9.17, 15) is 4.79 Å². The Balaban J connectivity index is 1.65. The highest BCUT2D eigenvalue weighted by Gasteiger charge is 2.08. The third-order valence-corrected chi connectivity index (χ3v) is 3.91. The smallest absolute Gasteiger partial charge is 0.255 e. The van der Waals surface area contributed by atoms with Crippen LogP contribution in [0.5, 0.6) is 5.75 Å². The van der Waals surface area contributed by atoms with E-state index in [2.05, 4.69) is 10.6 Å². The van der Waals surface area contributed by atoms with Gasteiger partial charge in [-0.15, -0.1) is 0 Å². The van der Waals surface area contributed by atoms with E-state index in [1.54, 1.807) is 7.11 Å². The summed E-state index contributed by atoms with van der Waals surface area (Å²) >= 11 is 0. The van der Waals surface area contributed by atoms with Crippen LogP contribution in [0, 0.1) is 6.92 Å². The maximum Gasteiger partial charge on any atom is 0.255 e. The third kappa shape index (κ3) is 4.18. The molecular formula is C21H20N2O2. The Bertz CT molecular complexity index is 856. The molecular weight excluding hydrogens is 312 g/mol. The zero-order valence-corrected chi connectivity index (χ0v) is 14.2. The molecule has 0 spiro atoms. The Morgan fingerprint density at radius 2 is 1.36 bits per heavy atom. The lowest BCUT2D eigenvalue weighted by Crippen LogP contribution is -2.13. The first kappa shape index (κ1) is 16.6. The predicted molar refractivity (Wildman–Crippen MR) is 102 cm³/mol. The van der Waals surface area contributed by atoms with E-state index in [0.29, 0.717) is 5.56 Å². The number of ether oxygens (including phenoxy) is 1. The van der Waals surface area contributed by atoms with Gasteiger partial charge >= 0.3 is 0 Å². The first-order chi connectivity index (χ1) is 12.2. The van der Waals surface area contributed by atoms with Crippen LogP contribution in [0.3, 0.4) is 0 Å². The first-order valence-electron chi connectivity index (χ1n) is 8.04. The van der Waals surface area contributed by atoms with Crippen LogP contribution in [-0.4, -0.2) is 13.0 Å². The summed E-state index contributed by atoms with van der Waals surface area (Å²) in [5.41, 5.74) is 4.31. The van der Waals surface area contributed by atoms with Crippen LogP contribution in [0.15, 0.2) is 72.8 Å². The summed E-state index contributed by atoms with van der Waals surface area (Å²) in [6.07, 6.45) is 0. The van der Waals surface area contributed by atoms with Crippen molar-refractivity contribution in [1.29, 1.82) is 0 Å². The highest BCUT2D eigenvalue weighted by molar-refractivity contribution is 6.05. The van der Waals surface area contributed by atoms with Crippen molar-refractivity contribution in [2.24, 2.45) is 0 Å². The maximum atomic E-state index is 12.3. The molecule has 3 aromatic rings. The van der Waals surface area contributed by atoms with Crippen molar-refractivity contribution in [1.82, 2.24) is 0 Å². The number of rotatable bonds is 5. The molecule has 0 saturated heterocycles. The summed E-state index contributed by atoms with van der Waals surface area (Å²) < 4.78 is 5.15. The van der Waals surface area contributed by atoms with Crippen molar-refractivity contribution in [3.63, 3.8) is 0 Å². The van der Waals surface area contributed by atoms with Gasteiger partial charge in [0, 0.05) is 22.6 Å². The highest BCUT2D eigenvalue weighted by atomic mass is 16.5. The van der Waals surface area contributed by atoms with Gasteiger partial charge in [0.05, 0.1) is 7.11 Å². The number of benzene rings is 3. The van der Waals surface area contributed by atoms with Crippen LogP contribution in [0.1, 0.15) is 15.9 Å². The quantitative estimate of drug-likeness (QED) is 0.691. The van der Waals surface area contributed by atoms with Gasteiger partial charge in [0.25, 0.3) is 5.91 Å². The minimum Gasteiger partial charge on any atom is -0.497 e. The Morgan fingerprint density at radius 3 is 1.96 bits per heavy atom. The van der Waals surface area contributed by atoms with Crippen LogP contribution in [-0.2, 0) is 0 Å². The van der Waals surface area contributed by atoms with Gasteiger partial charge in [-0.1, -0.05) is 18.2 Å². The summed E-state index contributed by atoms with van der Waals surface area (Å²) in [6, 6.07) is 22.9. The Hall–Kier alpha value is -3.27. The van der Waals surface area contributed by atoms with Gasteiger partial charge in [0.15, 0.2) is 0 Å². The summed E-state index contributed by atoms with van der Waals surface area (Å²) in [5.74, 6) is 0.716. The number of anilines is 3. The molecule has 0 unspecified atom stereocenters. The molecule has 0 bridgehead atoms. The van der Waals surface area contributed by atoms with E-state index < -0.39 is 0 Å². The average Bonchev–Trinajstić information content (AvgIpc) is 2.64. The normalized spacial score (nSPS) is 10.2. The van der Waals surface area contributed by atoms with E-state index in [0.717, 1.165) is 28.4 Å². The number of nitrogens with one attached hydrogen (secondary N) is 2. The molecule has 25 heavy (non-hydrogen) atoms. The summed E-state index contributed by atoms with van der Waals surface area (Å²) in [4.78, 5) is 12.3. The van der Waals surface area contributed by atoms with Crippen molar-refractivity contribution in [3.05, 3.63) is 83.9 Å². The minimum atomic E-state index is -0.103. The second-order valence-corrected chi connectivity index (χ2v) is 5.70. The first-order valence-corrected chi connectivity index (χ1v) is 8.04. The van der Waals surface area contributed by atoms with Crippen molar-refractivity contribution in [2.75, 3.05) is 17.7 Å². The van der Waals surface area contributed by atoms with Crippen molar-refractivity contribution < 1.29 is 9.53 Å². The minimum absolute atomic E-state index is 0.103. The molecule has 0 aliphatic rings. The largest absolute Gasteiger partial charge is 0.497 e. The Morgan fingerprint density at radius 1 is 0.800 bits per heavy atom. The molecule has 0 radical (unpaired) electrons. The summed E-state index contributed by atoms with van der Waals surface area (Å²) in [7, 11) is 1.65. The molecule has 0 atom stereocenters. The fourth-order valence-electron chi connectivity index (χ4n) is 2.50.